The first kappa shape index (κ1) is 21.1. The molecule has 144 valence electrons. The molecule has 1 fully saturated rings. The summed E-state index contributed by atoms with van der Waals surface area (Å²) in [6.07, 6.45) is 4.89. The minimum absolute atomic E-state index is 0.206. The van der Waals surface area contributed by atoms with Gasteiger partial charge in [-0.05, 0) is 65.4 Å². The number of unbranched alkanes of at least 4 members (excludes halogenated alkanes) is 1. The number of nitrogens with one attached hydrogen (secondary N) is 1. The maximum atomic E-state index is 11.2. The minimum Gasteiger partial charge on any atom is -0.370 e. The van der Waals surface area contributed by atoms with E-state index in [1.807, 2.05) is 24.9 Å². The molecule has 1 aliphatic heterocycles. The van der Waals surface area contributed by atoms with E-state index in [-0.39, 0.29) is 5.91 Å². The fourth-order valence-corrected chi connectivity index (χ4v) is 4.79. The van der Waals surface area contributed by atoms with Gasteiger partial charge in [-0.3, -0.25) is 9.79 Å². The standard InChI is InChI=1S/C19H29BrN4OS/c1-22-19(24-11-6-7-15(14-24)13-18(21)25)23-10-4-5-12-26-17-9-3-2-8-16(17)20/h2-3,8-9,15H,4-7,10-14H2,1H3,(H2,21,25)(H,22,23). The Labute approximate surface area is 169 Å². The van der Waals surface area contributed by atoms with Gasteiger partial charge in [0.25, 0.3) is 0 Å². The predicted octanol–water partition coefficient (Wildman–Crippen LogP) is 3.48. The number of aliphatic imine (C=N–C) groups is 1. The number of primary amides is 1. The van der Waals surface area contributed by atoms with Crippen molar-refractivity contribution >= 4 is 39.6 Å². The number of nitrogens with zero attached hydrogens (tertiary/aromatic N) is 2. The highest BCUT2D eigenvalue weighted by Gasteiger charge is 2.23. The summed E-state index contributed by atoms with van der Waals surface area (Å²) < 4.78 is 1.17. The Morgan fingerprint density at radius 2 is 2.23 bits per heavy atom. The van der Waals surface area contributed by atoms with E-state index in [9.17, 15) is 4.79 Å². The van der Waals surface area contributed by atoms with E-state index in [2.05, 4.69) is 49.3 Å². The van der Waals surface area contributed by atoms with Gasteiger partial charge in [0.05, 0.1) is 0 Å². The molecule has 1 amide bonds. The lowest BCUT2D eigenvalue weighted by atomic mass is 9.95. The van der Waals surface area contributed by atoms with E-state index < -0.39 is 0 Å². The highest BCUT2D eigenvalue weighted by molar-refractivity contribution is 9.10. The van der Waals surface area contributed by atoms with Gasteiger partial charge in [0.15, 0.2) is 5.96 Å². The third-order valence-corrected chi connectivity index (χ3v) is 6.58. The van der Waals surface area contributed by atoms with Crippen molar-refractivity contribution in [2.24, 2.45) is 16.6 Å². The number of benzene rings is 1. The van der Waals surface area contributed by atoms with E-state index in [4.69, 9.17) is 5.73 Å². The SMILES string of the molecule is CN=C(NCCCCSc1ccccc1Br)N1CCCC(CC(N)=O)C1. The van der Waals surface area contributed by atoms with Crippen LogP contribution in [0.3, 0.4) is 0 Å². The smallest absolute Gasteiger partial charge is 0.217 e. The largest absolute Gasteiger partial charge is 0.370 e. The Morgan fingerprint density at radius 3 is 2.96 bits per heavy atom. The second-order valence-electron chi connectivity index (χ2n) is 6.58. The molecular weight excluding hydrogens is 412 g/mol. The predicted molar refractivity (Wildman–Crippen MR) is 114 cm³/mol. The van der Waals surface area contributed by atoms with Crippen LogP contribution in [-0.2, 0) is 4.79 Å². The molecule has 0 aromatic heterocycles. The molecule has 1 unspecified atom stereocenters. The summed E-state index contributed by atoms with van der Waals surface area (Å²) in [7, 11) is 1.82. The van der Waals surface area contributed by atoms with Crippen LogP contribution in [0.25, 0.3) is 0 Å². The third kappa shape index (κ3) is 7.19. The van der Waals surface area contributed by atoms with Crippen LogP contribution in [0.2, 0.25) is 0 Å². The van der Waals surface area contributed by atoms with Gasteiger partial charge in [-0.1, -0.05) is 12.1 Å². The number of carbonyl (C=O) groups excluding carboxylic acids is 1. The van der Waals surface area contributed by atoms with E-state index in [0.717, 1.165) is 57.0 Å². The van der Waals surface area contributed by atoms with Crippen molar-refractivity contribution in [1.82, 2.24) is 10.2 Å². The fraction of sp³-hybridized carbons (Fsp3) is 0.579. The molecule has 7 heteroatoms. The molecule has 1 aromatic rings. The maximum absolute atomic E-state index is 11.2. The highest BCUT2D eigenvalue weighted by Crippen LogP contribution is 2.27. The number of nitrogens with two attached hydrogens (primary N) is 1. The van der Waals surface area contributed by atoms with Crippen molar-refractivity contribution in [2.45, 2.75) is 37.0 Å². The zero-order valence-corrected chi connectivity index (χ0v) is 17.8. The Morgan fingerprint density at radius 1 is 1.42 bits per heavy atom. The number of rotatable bonds is 8. The molecule has 26 heavy (non-hydrogen) atoms. The van der Waals surface area contributed by atoms with Gasteiger partial charge in [-0.15, -0.1) is 11.8 Å². The number of hydrogen-bond donors (Lipinski definition) is 2. The Balaban J connectivity index is 1.65. The second kappa shape index (κ2) is 11.5. The molecular formula is C19H29BrN4OS. The van der Waals surface area contributed by atoms with Gasteiger partial charge in [0, 0.05) is 42.5 Å². The van der Waals surface area contributed by atoms with Gasteiger partial charge in [-0.2, -0.15) is 0 Å². The summed E-state index contributed by atoms with van der Waals surface area (Å²) in [4.78, 5) is 19.1. The molecule has 0 spiro atoms. The van der Waals surface area contributed by atoms with Crippen LogP contribution in [-0.4, -0.2) is 49.2 Å². The van der Waals surface area contributed by atoms with E-state index in [0.29, 0.717) is 12.3 Å². The number of guanidine groups is 1. The normalized spacial score (nSPS) is 18.0. The molecule has 0 aliphatic carbocycles. The van der Waals surface area contributed by atoms with Crippen molar-refractivity contribution in [3.05, 3.63) is 28.7 Å². The number of piperidine rings is 1. The zero-order chi connectivity index (χ0) is 18.8. The molecule has 1 heterocycles. The maximum Gasteiger partial charge on any atom is 0.217 e. The molecule has 1 saturated heterocycles. The molecule has 1 atom stereocenters. The lowest BCUT2D eigenvalue weighted by Gasteiger charge is -2.34. The number of carbonyl (C=O) groups is 1. The summed E-state index contributed by atoms with van der Waals surface area (Å²) >= 11 is 5.47. The number of halogens is 1. The van der Waals surface area contributed by atoms with Crippen LogP contribution >= 0.6 is 27.7 Å². The lowest BCUT2D eigenvalue weighted by molar-refractivity contribution is -0.119. The molecule has 5 nitrogen and oxygen atoms in total. The van der Waals surface area contributed by atoms with Crippen molar-refractivity contribution in [1.29, 1.82) is 0 Å². The van der Waals surface area contributed by atoms with Crippen molar-refractivity contribution in [3.63, 3.8) is 0 Å². The number of hydrogen-bond acceptors (Lipinski definition) is 3. The Kier molecular flexibility index (Phi) is 9.32. The quantitative estimate of drug-likeness (QED) is 0.281. The summed E-state index contributed by atoms with van der Waals surface area (Å²) in [5, 5.41) is 3.46. The summed E-state index contributed by atoms with van der Waals surface area (Å²) in [5.41, 5.74) is 5.35. The molecule has 3 N–H and O–H groups in total. The zero-order valence-electron chi connectivity index (χ0n) is 15.4. The number of amides is 1. The topological polar surface area (TPSA) is 70.7 Å². The van der Waals surface area contributed by atoms with E-state index in [1.54, 1.807) is 0 Å². The van der Waals surface area contributed by atoms with Gasteiger partial charge in [0.1, 0.15) is 0 Å². The van der Waals surface area contributed by atoms with Gasteiger partial charge >= 0.3 is 0 Å². The molecule has 1 aromatic carbocycles. The van der Waals surface area contributed by atoms with Gasteiger partial charge in [-0.25, -0.2) is 0 Å². The first-order valence-corrected chi connectivity index (χ1v) is 11.0. The molecule has 0 saturated carbocycles. The van der Waals surface area contributed by atoms with Crippen LogP contribution in [0.5, 0.6) is 0 Å². The minimum atomic E-state index is -0.206. The van der Waals surface area contributed by atoms with Gasteiger partial charge < -0.3 is 16.0 Å². The number of likely N-dealkylation sites (tertiary alicyclic amines) is 1. The molecule has 0 radical (unpaired) electrons. The molecule has 0 bridgehead atoms. The van der Waals surface area contributed by atoms with E-state index in [1.165, 1.54) is 9.37 Å². The van der Waals surface area contributed by atoms with Crippen molar-refractivity contribution in [2.75, 3.05) is 32.4 Å². The van der Waals surface area contributed by atoms with Crippen LogP contribution < -0.4 is 11.1 Å². The van der Waals surface area contributed by atoms with Crippen LogP contribution in [0.1, 0.15) is 32.1 Å². The molecule has 1 aliphatic rings. The Hall–Kier alpha value is -1.21. The average Bonchev–Trinajstić information content (AvgIpc) is 2.62. The average molecular weight is 441 g/mol. The van der Waals surface area contributed by atoms with Crippen LogP contribution in [0, 0.1) is 5.92 Å². The first-order valence-electron chi connectivity index (χ1n) is 9.21. The summed E-state index contributed by atoms with van der Waals surface area (Å²) in [6, 6.07) is 8.34. The van der Waals surface area contributed by atoms with Crippen LogP contribution in [0.4, 0.5) is 0 Å². The molecule has 2 rings (SSSR count). The van der Waals surface area contributed by atoms with Gasteiger partial charge in [0.2, 0.25) is 5.91 Å². The Bertz CT molecular complexity index is 611. The van der Waals surface area contributed by atoms with Crippen molar-refractivity contribution in [3.8, 4) is 0 Å². The third-order valence-electron chi connectivity index (χ3n) is 4.47. The number of thioether (sulfide) groups is 1. The van der Waals surface area contributed by atoms with Crippen molar-refractivity contribution < 1.29 is 4.79 Å². The van der Waals surface area contributed by atoms with Crippen LogP contribution in [0.15, 0.2) is 38.6 Å². The fourth-order valence-electron chi connectivity index (χ4n) is 3.21. The lowest BCUT2D eigenvalue weighted by Crippen LogP contribution is -2.47. The summed E-state index contributed by atoms with van der Waals surface area (Å²) in [6.45, 7) is 2.77. The highest BCUT2D eigenvalue weighted by atomic mass is 79.9. The second-order valence-corrected chi connectivity index (χ2v) is 8.58. The monoisotopic (exact) mass is 440 g/mol. The first-order chi connectivity index (χ1) is 12.6. The van der Waals surface area contributed by atoms with E-state index >= 15 is 0 Å². The summed E-state index contributed by atoms with van der Waals surface area (Å²) in [5.74, 6) is 2.19.